The average molecular weight is 354 g/mol. The van der Waals surface area contributed by atoms with Gasteiger partial charge in [-0.25, -0.2) is 4.39 Å². The minimum Gasteiger partial charge on any atom is -0.321 e. The summed E-state index contributed by atoms with van der Waals surface area (Å²) in [5, 5.41) is 5.58. The lowest BCUT2D eigenvalue weighted by Gasteiger charge is -2.13. The number of carbonyl (C=O) groups is 1. The van der Waals surface area contributed by atoms with E-state index in [1.807, 2.05) is 0 Å². The Morgan fingerprint density at radius 2 is 1.92 bits per heavy atom. The number of anilines is 1. The summed E-state index contributed by atoms with van der Waals surface area (Å²) < 4.78 is 14.4. The molecule has 0 aliphatic rings. The highest BCUT2D eigenvalue weighted by atomic mass is 35.5. The number of hydrogen-bond donors (Lipinski definition) is 2. The van der Waals surface area contributed by atoms with Crippen LogP contribution in [0.1, 0.15) is 12.5 Å². The van der Waals surface area contributed by atoms with Gasteiger partial charge in [0.05, 0.1) is 6.54 Å². The highest BCUT2D eigenvalue weighted by Crippen LogP contribution is 2.07. The minimum atomic E-state index is -0.319. The van der Waals surface area contributed by atoms with Crippen molar-refractivity contribution in [2.24, 2.45) is 5.92 Å². The Labute approximate surface area is 146 Å². The smallest absolute Gasteiger partial charge is 0.274 e. The third-order valence-electron chi connectivity index (χ3n) is 3.50. The zero-order valence-electron chi connectivity index (χ0n) is 13.6. The fraction of sp³-hybridized carbons (Fsp3) is 0.294. The number of benzene rings is 1. The Morgan fingerprint density at radius 1 is 1.25 bits per heavy atom. The Balaban J connectivity index is 0.00000288. The van der Waals surface area contributed by atoms with E-state index in [-0.39, 0.29) is 41.3 Å². The van der Waals surface area contributed by atoms with Crippen LogP contribution in [0.3, 0.4) is 0 Å². The second-order valence-corrected chi connectivity index (χ2v) is 5.43. The largest absolute Gasteiger partial charge is 0.321 e. The summed E-state index contributed by atoms with van der Waals surface area (Å²) in [6.07, 6.45) is 1.64. The molecule has 1 amide bonds. The van der Waals surface area contributed by atoms with E-state index in [1.165, 1.54) is 16.7 Å². The van der Waals surface area contributed by atoms with Crippen molar-refractivity contribution in [3.05, 3.63) is 64.3 Å². The summed E-state index contributed by atoms with van der Waals surface area (Å²) in [5.74, 6) is -0.776. The van der Waals surface area contributed by atoms with Crippen LogP contribution >= 0.6 is 12.4 Å². The minimum absolute atomic E-state index is 0. The summed E-state index contributed by atoms with van der Waals surface area (Å²) in [6, 6.07) is 9.23. The Morgan fingerprint density at radius 3 is 2.54 bits per heavy atom. The number of halogens is 2. The number of carbonyl (C=O) groups excluding carboxylic acids is 1. The van der Waals surface area contributed by atoms with Crippen LogP contribution in [0, 0.1) is 11.7 Å². The average Bonchev–Trinajstić information content (AvgIpc) is 2.53. The van der Waals surface area contributed by atoms with Crippen molar-refractivity contribution in [3.63, 3.8) is 0 Å². The molecule has 2 rings (SSSR count). The summed E-state index contributed by atoms with van der Waals surface area (Å²) in [5.41, 5.74) is 0.755. The molecule has 2 N–H and O–H groups in total. The van der Waals surface area contributed by atoms with Gasteiger partial charge in [-0.3, -0.25) is 9.59 Å². The molecule has 24 heavy (non-hydrogen) atoms. The SMILES string of the molecule is CNCC(C)C(=O)Nc1cccn(Cc2ccc(F)cc2)c1=O.Cl. The van der Waals surface area contributed by atoms with E-state index in [0.29, 0.717) is 13.1 Å². The molecular weight excluding hydrogens is 333 g/mol. The molecule has 0 radical (unpaired) electrons. The normalized spacial score (nSPS) is 11.5. The number of hydrogen-bond acceptors (Lipinski definition) is 3. The van der Waals surface area contributed by atoms with Gasteiger partial charge in [-0.1, -0.05) is 19.1 Å². The van der Waals surface area contributed by atoms with E-state index in [9.17, 15) is 14.0 Å². The van der Waals surface area contributed by atoms with E-state index in [2.05, 4.69) is 10.6 Å². The number of nitrogens with one attached hydrogen (secondary N) is 2. The van der Waals surface area contributed by atoms with Crippen LogP contribution in [0.25, 0.3) is 0 Å². The van der Waals surface area contributed by atoms with E-state index in [0.717, 1.165) is 5.56 Å². The van der Waals surface area contributed by atoms with E-state index < -0.39 is 0 Å². The molecule has 0 saturated heterocycles. The molecule has 130 valence electrons. The molecule has 1 heterocycles. The highest BCUT2D eigenvalue weighted by Gasteiger charge is 2.14. The molecular formula is C17H21ClFN3O2. The first kappa shape index (κ1) is 19.9. The number of nitrogens with zero attached hydrogens (tertiary/aromatic N) is 1. The second kappa shape index (κ2) is 9.20. The van der Waals surface area contributed by atoms with Crippen LogP contribution in [-0.4, -0.2) is 24.1 Å². The first-order valence-electron chi connectivity index (χ1n) is 7.40. The molecule has 0 fully saturated rings. The maximum atomic E-state index is 12.9. The number of rotatable bonds is 6. The van der Waals surface area contributed by atoms with Crippen molar-refractivity contribution in [3.8, 4) is 0 Å². The molecule has 1 atom stereocenters. The van der Waals surface area contributed by atoms with Crippen LogP contribution in [0.4, 0.5) is 10.1 Å². The first-order chi connectivity index (χ1) is 11.0. The van der Waals surface area contributed by atoms with E-state index in [4.69, 9.17) is 0 Å². The molecule has 0 aliphatic carbocycles. The summed E-state index contributed by atoms with van der Waals surface area (Å²) in [4.78, 5) is 24.4. The van der Waals surface area contributed by atoms with Crippen LogP contribution in [0.15, 0.2) is 47.4 Å². The highest BCUT2D eigenvalue weighted by molar-refractivity contribution is 5.92. The van der Waals surface area contributed by atoms with Crippen molar-refractivity contribution in [1.29, 1.82) is 0 Å². The molecule has 5 nitrogen and oxygen atoms in total. The third-order valence-corrected chi connectivity index (χ3v) is 3.50. The van der Waals surface area contributed by atoms with Crippen molar-refractivity contribution < 1.29 is 9.18 Å². The zero-order chi connectivity index (χ0) is 16.8. The first-order valence-corrected chi connectivity index (χ1v) is 7.40. The molecule has 1 aromatic carbocycles. The standard InChI is InChI=1S/C17H20FN3O2.ClH/c1-12(10-19-2)16(22)20-15-4-3-9-21(17(15)23)11-13-5-7-14(18)8-6-13;/h3-9,12,19H,10-11H2,1-2H3,(H,20,22);1H. The lowest BCUT2D eigenvalue weighted by atomic mass is 10.1. The van der Waals surface area contributed by atoms with Gasteiger partial charge in [0.15, 0.2) is 0 Å². The molecule has 1 unspecified atom stereocenters. The Bertz CT molecular complexity index is 731. The van der Waals surface area contributed by atoms with Gasteiger partial charge in [0.2, 0.25) is 5.91 Å². The van der Waals surface area contributed by atoms with E-state index in [1.54, 1.807) is 44.4 Å². The van der Waals surface area contributed by atoms with Gasteiger partial charge in [-0.05, 0) is 36.9 Å². The maximum absolute atomic E-state index is 12.9. The maximum Gasteiger partial charge on any atom is 0.274 e. The van der Waals surface area contributed by atoms with Gasteiger partial charge in [-0.2, -0.15) is 0 Å². The van der Waals surface area contributed by atoms with Crippen LogP contribution in [-0.2, 0) is 11.3 Å². The monoisotopic (exact) mass is 353 g/mol. The Hall–Kier alpha value is -2.18. The van der Waals surface area contributed by atoms with Crippen LogP contribution in [0.5, 0.6) is 0 Å². The fourth-order valence-corrected chi connectivity index (χ4v) is 2.20. The van der Waals surface area contributed by atoms with Crippen LogP contribution in [0.2, 0.25) is 0 Å². The van der Waals surface area contributed by atoms with Gasteiger partial charge in [0, 0.05) is 18.7 Å². The van der Waals surface area contributed by atoms with Crippen molar-refractivity contribution in [2.75, 3.05) is 18.9 Å². The second-order valence-electron chi connectivity index (χ2n) is 5.43. The van der Waals surface area contributed by atoms with Gasteiger partial charge < -0.3 is 15.2 Å². The zero-order valence-corrected chi connectivity index (χ0v) is 14.4. The third kappa shape index (κ3) is 5.18. The molecule has 0 aliphatic heterocycles. The summed E-state index contributed by atoms with van der Waals surface area (Å²) in [7, 11) is 1.77. The Kier molecular flexibility index (Phi) is 7.61. The summed E-state index contributed by atoms with van der Waals surface area (Å²) in [6.45, 7) is 2.63. The number of amides is 1. The van der Waals surface area contributed by atoms with Gasteiger partial charge >= 0.3 is 0 Å². The van der Waals surface area contributed by atoms with Crippen molar-refractivity contribution >= 4 is 24.0 Å². The molecule has 0 bridgehead atoms. The predicted octanol–water partition coefficient (Wildman–Crippen LogP) is 2.25. The van der Waals surface area contributed by atoms with Gasteiger partial charge in [0.1, 0.15) is 11.5 Å². The molecule has 0 saturated carbocycles. The number of pyridine rings is 1. The lowest BCUT2D eigenvalue weighted by molar-refractivity contribution is -0.119. The molecule has 0 spiro atoms. The lowest BCUT2D eigenvalue weighted by Crippen LogP contribution is -2.32. The van der Waals surface area contributed by atoms with Gasteiger partial charge in [-0.15, -0.1) is 12.4 Å². The number of aromatic nitrogens is 1. The molecule has 7 heteroatoms. The van der Waals surface area contributed by atoms with Crippen molar-refractivity contribution in [1.82, 2.24) is 9.88 Å². The quantitative estimate of drug-likeness (QED) is 0.837. The van der Waals surface area contributed by atoms with Gasteiger partial charge in [0.25, 0.3) is 5.56 Å². The molecule has 2 aromatic rings. The predicted molar refractivity (Wildman–Crippen MR) is 95.2 cm³/mol. The molecule has 1 aromatic heterocycles. The topological polar surface area (TPSA) is 63.1 Å². The van der Waals surface area contributed by atoms with E-state index >= 15 is 0 Å². The summed E-state index contributed by atoms with van der Waals surface area (Å²) >= 11 is 0. The van der Waals surface area contributed by atoms with Crippen LogP contribution < -0.4 is 16.2 Å². The van der Waals surface area contributed by atoms with Crippen molar-refractivity contribution in [2.45, 2.75) is 13.5 Å². The fourth-order valence-electron chi connectivity index (χ4n) is 2.20.